The first-order valence-electron chi connectivity index (χ1n) is 13.7. The molecule has 0 radical (unpaired) electrons. The minimum atomic E-state index is -4.81. The number of aryl methyl sites for hydroxylation is 2. The van der Waals surface area contributed by atoms with E-state index in [1.807, 2.05) is 0 Å². The van der Waals surface area contributed by atoms with Gasteiger partial charge in [-0.1, -0.05) is 12.1 Å². The number of unbranched alkanes of at least 4 members (excludes halogenated alkanes) is 1. The van der Waals surface area contributed by atoms with Gasteiger partial charge in [0.15, 0.2) is 5.82 Å². The van der Waals surface area contributed by atoms with Gasteiger partial charge in [-0.2, -0.15) is 10.1 Å². The summed E-state index contributed by atoms with van der Waals surface area (Å²) in [6.45, 7) is 3.19. The first-order chi connectivity index (χ1) is 20.1. The van der Waals surface area contributed by atoms with Gasteiger partial charge in [0.05, 0.1) is 12.1 Å². The minimum Gasteiger partial charge on any atom is -0.406 e. The van der Waals surface area contributed by atoms with Crippen LogP contribution in [-0.2, 0) is 29.0 Å². The van der Waals surface area contributed by atoms with Gasteiger partial charge in [0.1, 0.15) is 11.6 Å². The van der Waals surface area contributed by atoms with Gasteiger partial charge in [0.2, 0.25) is 11.8 Å². The average Bonchev–Trinajstić information content (AvgIpc) is 3.45. The predicted octanol–water partition coefficient (Wildman–Crippen LogP) is 3.56. The van der Waals surface area contributed by atoms with Crippen molar-refractivity contribution in [3.05, 3.63) is 70.4 Å². The number of ether oxygens (including phenoxy) is 1. The van der Waals surface area contributed by atoms with E-state index >= 15 is 0 Å². The number of nitrogens with zero attached hydrogens (tertiary/aromatic N) is 5. The topological polar surface area (TPSA) is 131 Å². The van der Waals surface area contributed by atoms with Crippen LogP contribution in [0.3, 0.4) is 0 Å². The molecule has 14 heteroatoms. The van der Waals surface area contributed by atoms with E-state index in [9.17, 15) is 27.6 Å². The summed E-state index contributed by atoms with van der Waals surface area (Å²) in [4.78, 5) is 43.0. The van der Waals surface area contributed by atoms with Crippen molar-refractivity contribution < 1.29 is 27.5 Å². The molecule has 1 aliphatic heterocycles. The van der Waals surface area contributed by atoms with Gasteiger partial charge in [0, 0.05) is 25.7 Å². The van der Waals surface area contributed by atoms with Crippen LogP contribution in [0, 0.1) is 0 Å². The Hall–Kier alpha value is -4.33. The number of alkyl halides is 3. The molecule has 1 aliphatic rings. The lowest BCUT2D eigenvalue weighted by molar-refractivity contribution is -0.274. The van der Waals surface area contributed by atoms with Crippen LogP contribution < -0.4 is 21.1 Å². The van der Waals surface area contributed by atoms with Crippen LogP contribution >= 0.6 is 0 Å². The van der Waals surface area contributed by atoms with E-state index in [4.69, 9.17) is 0 Å². The molecule has 2 aromatic heterocycles. The maximum absolute atomic E-state index is 12.4. The van der Waals surface area contributed by atoms with Crippen molar-refractivity contribution in [2.24, 2.45) is 0 Å². The van der Waals surface area contributed by atoms with E-state index < -0.39 is 23.7 Å². The second-order valence-electron chi connectivity index (χ2n) is 9.92. The summed E-state index contributed by atoms with van der Waals surface area (Å²) < 4.78 is 42.6. The molecule has 0 saturated carbocycles. The number of carbonyl (C=O) groups is 2. The monoisotopic (exact) mass is 587 g/mol. The first kappa shape index (κ1) is 30.6. The first-order valence-corrected chi connectivity index (χ1v) is 13.7. The number of carbonyl (C=O) groups excluding carboxylic acids is 2. The summed E-state index contributed by atoms with van der Waals surface area (Å²) in [7, 11) is 0. The Morgan fingerprint density at radius 2 is 1.71 bits per heavy atom. The number of aromatic nitrogens is 4. The van der Waals surface area contributed by atoms with E-state index in [1.165, 1.54) is 16.7 Å². The second-order valence-corrected chi connectivity index (χ2v) is 9.92. The van der Waals surface area contributed by atoms with Crippen LogP contribution in [0.5, 0.6) is 5.75 Å². The molecule has 0 spiro atoms. The predicted molar refractivity (Wildman–Crippen MR) is 148 cm³/mol. The fourth-order valence-corrected chi connectivity index (χ4v) is 4.51. The smallest absolute Gasteiger partial charge is 0.406 e. The van der Waals surface area contributed by atoms with Gasteiger partial charge in [-0.3, -0.25) is 14.2 Å². The molecule has 1 saturated heterocycles. The molecule has 3 aromatic rings. The van der Waals surface area contributed by atoms with E-state index in [0.717, 1.165) is 44.5 Å². The number of halogens is 3. The molecule has 0 aliphatic carbocycles. The van der Waals surface area contributed by atoms with Gasteiger partial charge >= 0.3 is 12.1 Å². The molecule has 4 rings (SSSR count). The number of rotatable bonds is 13. The van der Waals surface area contributed by atoms with Crippen LogP contribution in [0.1, 0.15) is 43.4 Å². The summed E-state index contributed by atoms with van der Waals surface area (Å²) >= 11 is 0. The highest BCUT2D eigenvalue weighted by Crippen LogP contribution is 2.23. The van der Waals surface area contributed by atoms with Crippen molar-refractivity contribution in [1.82, 2.24) is 24.6 Å². The van der Waals surface area contributed by atoms with Crippen molar-refractivity contribution in [3.63, 3.8) is 0 Å². The molecule has 42 heavy (non-hydrogen) atoms. The van der Waals surface area contributed by atoms with Gasteiger partial charge in [-0.25, -0.2) is 4.79 Å². The van der Waals surface area contributed by atoms with Crippen LogP contribution in [0.15, 0.2) is 53.5 Å². The Morgan fingerprint density at radius 3 is 2.43 bits per heavy atom. The molecule has 2 amide bonds. The minimum absolute atomic E-state index is 0.164. The zero-order valence-corrected chi connectivity index (χ0v) is 22.9. The van der Waals surface area contributed by atoms with Gasteiger partial charge in [-0.15, -0.1) is 18.3 Å². The largest absolute Gasteiger partial charge is 0.573 e. The summed E-state index contributed by atoms with van der Waals surface area (Å²) in [6.07, 6.45) is 1.32. The highest BCUT2D eigenvalue weighted by atomic mass is 19.4. The molecule has 0 bridgehead atoms. The number of benzene rings is 1. The lowest BCUT2D eigenvalue weighted by Crippen LogP contribution is -2.27. The SMILES string of the molecule is O=C(Cc1cccc(OC(F)(F)F)c1)Nc1ccc(CCCCn2ccc(NC(=O)CCN3CCCC3)nc2=O)nn1. The highest BCUT2D eigenvalue weighted by molar-refractivity contribution is 5.91. The average molecular weight is 588 g/mol. The third kappa shape index (κ3) is 10.3. The Morgan fingerprint density at radius 1 is 0.929 bits per heavy atom. The quantitative estimate of drug-likeness (QED) is 0.290. The van der Waals surface area contributed by atoms with Crippen LogP contribution in [0.25, 0.3) is 0 Å². The van der Waals surface area contributed by atoms with Gasteiger partial charge in [-0.05, 0) is 81.1 Å². The van der Waals surface area contributed by atoms with E-state index in [-0.39, 0.29) is 24.0 Å². The fraction of sp³-hybridized carbons (Fsp3) is 0.429. The normalized spacial score (nSPS) is 13.6. The van der Waals surface area contributed by atoms with E-state index in [2.05, 4.69) is 35.5 Å². The standard InChI is InChI=1S/C28H32F3N7O4/c29-28(30,31)42-22-8-5-6-20(18-22)19-26(40)33-24-10-9-21(35-36-24)7-1-2-15-38-17-11-23(34-27(38)41)32-25(39)12-16-37-13-3-4-14-37/h5-6,8-11,17-18H,1-4,7,12-16,19H2,(H,33,36,40)(H,32,34,39,41). The molecule has 0 atom stereocenters. The van der Waals surface area contributed by atoms with Crippen molar-refractivity contribution in [3.8, 4) is 5.75 Å². The van der Waals surface area contributed by atoms with Crippen molar-refractivity contribution >= 4 is 23.5 Å². The molecule has 11 nitrogen and oxygen atoms in total. The van der Waals surface area contributed by atoms with Gasteiger partial charge in [0.25, 0.3) is 0 Å². The molecule has 3 heterocycles. The van der Waals surface area contributed by atoms with Crippen molar-refractivity contribution in [2.45, 2.75) is 57.9 Å². The van der Waals surface area contributed by atoms with E-state index in [0.29, 0.717) is 43.6 Å². The van der Waals surface area contributed by atoms with Crippen LogP contribution in [0.4, 0.5) is 24.8 Å². The Kier molecular flexibility index (Phi) is 10.6. The molecule has 1 aromatic carbocycles. The zero-order chi connectivity index (χ0) is 30.0. The number of hydrogen-bond donors (Lipinski definition) is 2. The number of amides is 2. The molecular weight excluding hydrogens is 555 g/mol. The second kappa shape index (κ2) is 14.5. The zero-order valence-electron chi connectivity index (χ0n) is 22.9. The maximum Gasteiger partial charge on any atom is 0.573 e. The fourth-order valence-electron chi connectivity index (χ4n) is 4.51. The summed E-state index contributed by atoms with van der Waals surface area (Å²) in [6, 6.07) is 10.1. The lowest BCUT2D eigenvalue weighted by Gasteiger charge is -2.13. The third-order valence-corrected chi connectivity index (χ3v) is 6.56. The number of nitrogens with one attached hydrogen (secondary N) is 2. The molecular formula is C28H32F3N7O4. The van der Waals surface area contributed by atoms with Crippen molar-refractivity contribution in [2.75, 3.05) is 30.3 Å². The maximum atomic E-state index is 12.4. The van der Waals surface area contributed by atoms with Crippen LogP contribution in [-0.4, -0.2) is 62.5 Å². The summed E-state index contributed by atoms with van der Waals surface area (Å²) in [5, 5.41) is 13.3. The summed E-state index contributed by atoms with van der Waals surface area (Å²) in [5.41, 5.74) is 0.606. The highest BCUT2D eigenvalue weighted by Gasteiger charge is 2.31. The van der Waals surface area contributed by atoms with Gasteiger partial charge < -0.3 is 20.3 Å². The Balaban J connectivity index is 1.16. The Labute approximate surface area is 240 Å². The Bertz CT molecular complexity index is 1410. The molecule has 2 N–H and O–H groups in total. The third-order valence-electron chi connectivity index (χ3n) is 6.56. The number of anilines is 2. The molecule has 224 valence electrons. The number of likely N-dealkylation sites (tertiary alicyclic amines) is 1. The number of hydrogen-bond acceptors (Lipinski definition) is 8. The van der Waals surface area contributed by atoms with Crippen LogP contribution in [0.2, 0.25) is 0 Å². The van der Waals surface area contributed by atoms with E-state index in [1.54, 1.807) is 24.4 Å². The molecule has 0 unspecified atom stereocenters. The molecule has 1 fully saturated rings. The van der Waals surface area contributed by atoms with Crippen molar-refractivity contribution in [1.29, 1.82) is 0 Å². The summed E-state index contributed by atoms with van der Waals surface area (Å²) in [5.74, 6) is -0.570. The lowest BCUT2D eigenvalue weighted by atomic mass is 10.1.